The number of rotatable bonds is 6. The van der Waals surface area contributed by atoms with Crippen LogP contribution in [0.1, 0.15) is 140 Å². The Morgan fingerprint density at radius 2 is 0.957 bits per heavy atom. The molecule has 366 valence electrons. The highest BCUT2D eigenvalue weighted by atomic mass is 16.5. The Labute approximate surface area is 418 Å². The molecule has 3 aliphatic rings. The molecule has 0 unspecified atom stereocenters. The number of nitrogens with zero attached hydrogens (tertiary/aromatic N) is 4. The summed E-state index contributed by atoms with van der Waals surface area (Å²) in [6.45, 7) is 24.8. The smallest absolute Gasteiger partial charge is 0.258 e. The summed E-state index contributed by atoms with van der Waals surface area (Å²) in [4.78, 5) is 48.9. The summed E-state index contributed by atoms with van der Waals surface area (Å²) in [6.07, 6.45) is 10.6. The second-order valence-electron chi connectivity index (χ2n) is 22.8. The number of carbonyl (C=O) groups excluding carboxylic acids is 3. The number of hydrogen-bond acceptors (Lipinski definition) is 5. The van der Waals surface area contributed by atoms with Gasteiger partial charge in [-0.15, -0.1) is 0 Å². The molecule has 0 spiro atoms. The van der Waals surface area contributed by atoms with Gasteiger partial charge in [0.2, 0.25) is 0 Å². The minimum atomic E-state index is 0.0384. The maximum Gasteiger partial charge on any atom is 0.258 e. The van der Waals surface area contributed by atoms with Crippen LogP contribution in [-0.2, 0) is 32.1 Å². The summed E-state index contributed by atoms with van der Waals surface area (Å²) in [7, 11) is 0. The van der Waals surface area contributed by atoms with Crippen LogP contribution in [0.2, 0.25) is 0 Å². The zero-order valence-electron chi connectivity index (χ0n) is 43.4. The minimum absolute atomic E-state index is 0.0384. The van der Waals surface area contributed by atoms with E-state index >= 15 is 0 Å². The van der Waals surface area contributed by atoms with Gasteiger partial charge < -0.3 is 19.4 Å². The number of amides is 3. The average Bonchev–Trinajstić information content (AvgIpc) is 3.32. The Bertz CT molecular complexity index is 2670. The van der Waals surface area contributed by atoms with Crippen molar-refractivity contribution in [3.63, 3.8) is 0 Å². The van der Waals surface area contributed by atoms with Crippen LogP contribution in [0.15, 0.2) is 134 Å². The van der Waals surface area contributed by atoms with E-state index in [9.17, 15) is 14.4 Å². The quantitative estimate of drug-likeness (QED) is 0.166. The zero-order chi connectivity index (χ0) is 50.2. The molecule has 70 heavy (non-hydrogen) atoms. The number of fused-ring (bicyclic) bond motifs is 3. The summed E-state index contributed by atoms with van der Waals surface area (Å²) in [5, 5.41) is 0. The molecule has 4 heterocycles. The van der Waals surface area contributed by atoms with Crippen LogP contribution < -0.4 is 19.4 Å². The van der Waals surface area contributed by atoms with Crippen molar-refractivity contribution in [1.82, 2.24) is 4.98 Å². The molecule has 0 radical (unpaired) electrons. The van der Waals surface area contributed by atoms with E-state index < -0.39 is 0 Å². The maximum atomic E-state index is 13.1. The second kappa shape index (κ2) is 22.0. The van der Waals surface area contributed by atoms with Crippen molar-refractivity contribution in [3.8, 4) is 5.75 Å². The third-order valence-corrected chi connectivity index (χ3v) is 12.5. The highest BCUT2D eigenvalue weighted by molar-refractivity contribution is 6.08. The molecule has 0 fully saturated rings. The number of anilines is 3. The fraction of sp³-hybridized carbons (Fsp3) is 0.387. The van der Waals surface area contributed by atoms with Crippen molar-refractivity contribution < 1.29 is 19.1 Å². The molecule has 0 N–H and O–H groups in total. The maximum absolute atomic E-state index is 13.1. The van der Waals surface area contributed by atoms with Crippen molar-refractivity contribution >= 4 is 34.8 Å². The monoisotopic (exact) mass is 939 g/mol. The lowest BCUT2D eigenvalue weighted by Gasteiger charge is -2.30. The number of ether oxygens (including phenoxy) is 1. The van der Waals surface area contributed by atoms with Gasteiger partial charge in [-0.2, -0.15) is 0 Å². The van der Waals surface area contributed by atoms with Gasteiger partial charge in [-0.25, -0.2) is 0 Å². The molecule has 8 heteroatoms. The van der Waals surface area contributed by atoms with E-state index in [1.807, 2.05) is 99.8 Å². The normalized spacial score (nSPS) is 14.3. The number of hydrogen-bond donors (Lipinski definition) is 0. The van der Waals surface area contributed by atoms with Crippen LogP contribution in [0.5, 0.6) is 5.75 Å². The molecule has 0 saturated carbocycles. The lowest BCUT2D eigenvalue weighted by Crippen LogP contribution is -2.37. The summed E-state index contributed by atoms with van der Waals surface area (Å²) >= 11 is 0. The van der Waals surface area contributed by atoms with Crippen LogP contribution in [0.3, 0.4) is 0 Å². The SMILES string of the molecule is CC(C)(C)Cc1cccc(C(=O)N2CCCc3cnccc32)c1.CC(C)(C)Cc1cccc(C(=O)N2CCOc3ccccc32)c1.Cc1ccc2c(c1)CCCN2C(=O)c1cccc(CC(C)(C)C)c1. The molecular weight excluding hydrogens is 865 g/mol. The molecule has 3 aliphatic heterocycles. The Hall–Kier alpha value is -6.54. The van der Waals surface area contributed by atoms with Gasteiger partial charge in [-0.05, 0) is 157 Å². The Morgan fingerprint density at radius 1 is 0.500 bits per heavy atom. The fourth-order valence-electron chi connectivity index (χ4n) is 9.70. The van der Waals surface area contributed by atoms with E-state index in [0.29, 0.717) is 13.2 Å². The Kier molecular flexibility index (Phi) is 16.2. The first-order valence-electron chi connectivity index (χ1n) is 25.2. The van der Waals surface area contributed by atoms with Gasteiger partial charge in [0.05, 0.1) is 17.9 Å². The largest absolute Gasteiger partial charge is 0.490 e. The van der Waals surface area contributed by atoms with Gasteiger partial charge in [-0.3, -0.25) is 19.4 Å². The molecule has 5 aromatic carbocycles. The molecule has 8 nitrogen and oxygen atoms in total. The number of benzene rings is 5. The number of pyridine rings is 1. The zero-order valence-corrected chi connectivity index (χ0v) is 43.4. The molecule has 6 aromatic rings. The van der Waals surface area contributed by atoms with Gasteiger partial charge in [-0.1, -0.05) is 129 Å². The predicted molar refractivity (Wildman–Crippen MR) is 288 cm³/mol. The lowest BCUT2D eigenvalue weighted by molar-refractivity contribution is 0.0971. The third kappa shape index (κ3) is 13.8. The highest BCUT2D eigenvalue weighted by Crippen LogP contribution is 2.34. The van der Waals surface area contributed by atoms with E-state index in [0.717, 1.165) is 103 Å². The minimum Gasteiger partial charge on any atom is -0.490 e. The number of carbonyl (C=O) groups is 3. The van der Waals surface area contributed by atoms with E-state index in [1.165, 1.54) is 27.8 Å². The lowest BCUT2D eigenvalue weighted by atomic mass is 9.87. The molecule has 0 bridgehead atoms. The van der Waals surface area contributed by atoms with Crippen LogP contribution in [0.4, 0.5) is 17.1 Å². The standard InChI is InChI=1S/C22H27NO.C20H24N2O.C20H23NO2/c1-16-10-11-20-18(13-16)9-6-12-23(20)21(24)19-8-5-7-17(14-19)15-22(2,3)4;1-20(2,3)13-15-6-4-7-16(12-15)19(23)22-11-5-8-17-14-21-10-9-18(17)22;1-20(2,3)14-15-7-6-8-16(13-15)19(22)21-11-12-23-18-10-5-4-9-17(18)21/h5,7-8,10-11,13-14H,6,9,12,15H2,1-4H3;4,6-7,9-10,12,14H,5,8,11,13H2,1-3H3;4-10,13H,11-12,14H2,1-3H3. The van der Waals surface area contributed by atoms with Crippen molar-refractivity contribution in [2.45, 2.75) is 114 Å². The van der Waals surface area contributed by atoms with E-state index in [4.69, 9.17) is 4.74 Å². The number of aromatic nitrogens is 1. The van der Waals surface area contributed by atoms with E-state index in [-0.39, 0.29) is 34.0 Å². The van der Waals surface area contributed by atoms with Gasteiger partial charge in [0.25, 0.3) is 17.7 Å². The van der Waals surface area contributed by atoms with Crippen molar-refractivity contribution in [2.24, 2.45) is 16.2 Å². The predicted octanol–water partition coefficient (Wildman–Crippen LogP) is 13.8. The molecule has 3 amide bonds. The summed E-state index contributed by atoms with van der Waals surface area (Å²) < 4.78 is 5.64. The summed E-state index contributed by atoms with van der Waals surface area (Å²) in [5.41, 5.74) is 13.3. The van der Waals surface area contributed by atoms with Crippen LogP contribution in [-0.4, -0.2) is 48.9 Å². The Morgan fingerprint density at radius 3 is 1.46 bits per heavy atom. The molecule has 0 atom stereocenters. The van der Waals surface area contributed by atoms with Crippen molar-refractivity contribution in [3.05, 3.63) is 184 Å². The fourth-order valence-corrected chi connectivity index (χ4v) is 9.70. The van der Waals surface area contributed by atoms with Gasteiger partial charge in [0.1, 0.15) is 12.4 Å². The van der Waals surface area contributed by atoms with Crippen LogP contribution >= 0.6 is 0 Å². The van der Waals surface area contributed by atoms with Crippen LogP contribution in [0, 0.1) is 23.2 Å². The van der Waals surface area contributed by atoms with Gasteiger partial charge in [0.15, 0.2) is 0 Å². The van der Waals surface area contributed by atoms with E-state index in [1.54, 1.807) is 6.20 Å². The van der Waals surface area contributed by atoms with Gasteiger partial charge in [0, 0.05) is 47.9 Å². The van der Waals surface area contributed by atoms with Crippen molar-refractivity contribution in [1.29, 1.82) is 0 Å². The number of para-hydroxylation sites is 2. The summed E-state index contributed by atoms with van der Waals surface area (Å²) in [5.74, 6) is 1.03. The first-order valence-corrected chi connectivity index (χ1v) is 25.2. The molecular formula is C62H74N4O4. The van der Waals surface area contributed by atoms with Crippen LogP contribution in [0.25, 0.3) is 0 Å². The first-order chi connectivity index (χ1) is 33.2. The molecule has 0 saturated heterocycles. The highest BCUT2D eigenvalue weighted by Gasteiger charge is 2.27. The van der Waals surface area contributed by atoms with Crippen molar-refractivity contribution in [2.75, 3.05) is 40.9 Å². The molecule has 0 aliphatic carbocycles. The summed E-state index contributed by atoms with van der Waals surface area (Å²) in [6, 6.07) is 40.2. The first kappa shape index (κ1) is 51.3. The molecule has 9 rings (SSSR count). The third-order valence-electron chi connectivity index (χ3n) is 12.5. The number of aryl methyl sites for hydroxylation is 3. The van der Waals surface area contributed by atoms with E-state index in [2.05, 4.69) is 117 Å². The average molecular weight is 939 g/mol. The second-order valence-corrected chi connectivity index (χ2v) is 22.8. The topological polar surface area (TPSA) is 83.1 Å². The van der Waals surface area contributed by atoms with Gasteiger partial charge >= 0.3 is 0 Å². The Balaban J connectivity index is 0.000000155. The molecule has 1 aromatic heterocycles.